The molecule has 0 atom stereocenters. The third-order valence-corrected chi connectivity index (χ3v) is 6.02. The van der Waals surface area contributed by atoms with Crippen LogP contribution in [0.5, 0.6) is 0 Å². The molecule has 3 rings (SSSR count). The molecule has 0 saturated carbocycles. The van der Waals surface area contributed by atoms with Crippen LogP contribution in [0.2, 0.25) is 5.02 Å². The highest BCUT2D eigenvalue weighted by Crippen LogP contribution is 2.23. The lowest BCUT2D eigenvalue weighted by Gasteiger charge is -2.25. The van der Waals surface area contributed by atoms with Crippen molar-refractivity contribution in [1.29, 1.82) is 0 Å². The molecule has 0 N–H and O–H groups in total. The molecule has 3 amide bonds. The highest BCUT2D eigenvalue weighted by Gasteiger charge is 2.33. The maximum absolute atomic E-state index is 13.1. The number of hydrogen-bond donors (Lipinski definition) is 0. The molecule has 33 heavy (non-hydrogen) atoms. The van der Waals surface area contributed by atoms with Crippen molar-refractivity contribution >= 4 is 35.0 Å². The van der Waals surface area contributed by atoms with Crippen molar-refractivity contribution in [3.63, 3.8) is 0 Å². The minimum atomic E-state index is -0.245. The van der Waals surface area contributed by atoms with Crippen molar-refractivity contribution in [2.75, 3.05) is 31.2 Å². The number of aryl methyl sites for hydroxylation is 1. The first-order valence-corrected chi connectivity index (χ1v) is 12.0. The SMILES string of the molecule is CCCCCc1ccc(C(=O)N(CCC)CC(=O)N2CC(=O)N(c3cccc(Cl)c3)C2)cc1. The van der Waals surface area contributed by atoms with Gasteiger partial charge in [-0.3, -0.25) is 19.3 Å². The topological polar surface area (TPSA) is 60.9 Å². The average Bonchev–Trinajstić information content (AvgIpc) is 3.21. The summed E-state index contributed by atoms with van der Waals surface area (Å²) in [5.41, 5.74) is 2.45. The average molecular weight is 470 g/mol. The zero-order chi connectivity index (χ0) is 23.8. The molecule has 1 fully saturated rings. The molecular weight excluding hydrogens is 438 g/mol. The van der Waals surface area contributed by atoms with Crippen molar-refractivity contribution in [2.45, 2.75) is 46.0 Å². The lowest BCUT2D eigenvalue weighted by atomic mass is 10.0. The molecule has 6 nitrogen and oxygen atoms in total. The number of benzene rings is 2. The second kappa shape index (κ2) is 11.8. The molecule has 0 spiro atoms. The van der Waals surface area contributed by atoms with Gasteiger partial charge in [0.05, 0.1) is 0 Å². The summed E-state index contributed by atoms with van der Waals surface area (Å²) in [5.74, 6) is -0.578. The number of nitrogens with zero attached hydrogens (tertiary/aromatic N) is 3. The van der Waals surface area contributed by atoms with Crippen molar-refractivity contribution < 1.29 is 14.4 Å². The molecule has 2 aromatic rings. The number of rotatable bonds is 10. The molecule has 1 heterocycles. The summed E-state index contributed by atoms with van der Waals surface area (Å²) >= 11 is 6.05. The third-order valence-electron chi connectivity index (χ3n) is 5.79. The maximum Gasteiger partial charge on any atom is 0.254 e. The van der Waals surface area contributed by atoms with Gasteiger partial charge in [-0.25, -0.2) is 0 Å². The fourth-order valence-corrected chi connectivity index (χ4v) is 4.13. The van der Waals surface area contributed by atoms with Crippen LogP contribution in [0.1, 0.15) is 55.5 Å². The third kappa shape index (κ3) is 6.57. The van der Waals surface area contributed by atoms with E-state index in [0.29, 0.717) is 22.8 Å². The summed E-state index contributed by atoms with van der Waals surface area (Å²) < 4.78 is 0. The van der Waals surface area contributed by atoms with Crippen LogP contribution in [-0.4, -0.2) is 53.8 Å². The predicted molar refractivity (Wildman–Crippen MR) is 131 cm³/mol. The molecule has 0 aliphatic carbocycles. The minimum Gasteiger partial charge on any atom is -0.329 e. The second-order valence-electron chi connectivity index (χ2n) is 8.42. The van der Waals surface area contributed by atoms with Gasteiger partial charge in [-0.1, -0.05) is 56.5 Å². The van der Waals surface area contributed by atoms with Gasteiger partial charge >= 0.3 is 0 Å². The molecule has 1 aliphatic heterocycles. The van der Waals surface area contributed by atoms with Crippen LogP contribution in [0, 0.1) is 0 Å². The second-order valence-corrected chi connectivity index (χ2v) is 8.85. The standard InChI is InChI=1S/C26H32ClN3O3/c1-3-5-6-8-20-11-13-21(14-12-20)26(33)28(15-4-2)17-24(31)29-18-25(32)30(19-29)23-10-7-9-22(27)16-23/h7,9-14,16H,3-6,8,15,17-19H2,1-2H3. The van der Waals surface area contributed by atoms with Gasteiger partial charge in [0.25, 0.3) is 5.91 Å². The van der Waals surface area contributed by atoms with Crippen LogP contribution in [0.15, 0.2) is 48.5 Å². The van der Waals surface area contributed by atoms with E-state index in [-0.39, 0.29) is 37.5 Å². The molecule has 2 aromatic carbocycles. The first-order valence-electron chi connectivity index (χ1n) is 11.6. The van der Waals surface area contributed by atoms with Gasteiger partial charge in [0.2, 0.25) is 11.8 Å². The number of halogens is 1. The quantitative estimate of drug-likeness (QED) is 0.471. The summed E-state index contributed by atoms with van der Waals surface area (Å²) in [6.07, 6.45) is 5.26. The Labute approximate surface area is 201 Å². The Kier molecular flexibility index (Phi) is 8.89. The van der Waals surface area contributed by atoms with Crippen LogP contribution in [0.25, 0.3) is 0 Å². The van der Waals surface area contributed by atoms with Gasteiger partial charge in [-0.2, -0.15) is 0 Å². The Hall–Kier alpha value is -2.86. The fourth-order valence-electron chi connectivity index (χ4n) is 3.95. The lowest BCUT2D eigenvalue weighted by Crippen LogP contribution is -2.43. The van der Waals surface area contributed by atoms with Gasteiger partial charge in [0, 0.05) is 22.8 Å². The monoisotopic (exact) mass is 469 g/mol. The molecule has 0 radical (unpaired) electrons. The van der Waals surface area contributed by atoms with Crippen LogP contribution < -0.4 is 4.90 Å². The first-order chi connectivity index (χ1) is 15.9. The number of carbonyl (C=O) groups is 3. The molecule has 0 bridgehead atoms. The Morgan fingerprint density at radius 3 is 2.45 bits per heavy atom. The van der Waals surface area contributed by atoms with Crippen LogP contribution in [-0.2, 0) is 16.0 Å². The Balaban J connectivity index is 1.63. The Morgan fingerprint density at radius 1 is 1.03 bits per heavy atom. The van der Waals surface area contributed by atoms with Crippen LogP contribution in [0.4, 0.5) is 5.69 Å². The molecule has 1 aliphatic rings. The van der Waals surface area contributed by atoms with Crippen LogP contribution in [0.3, 0.4) is 0 Å². The highest BCUT2D eigenvalue weighted by atomic mass is 35.5. The van der Waals surface area contributed by atoms with E-state index in [9.17, 15) is 14.4 Å². The molecule has 0 unspecified atom stereocenters. The zero-order valence-corrected chi connectivity index (χ0v) is 20.2. The van der Waals surface area contributed by atoms with Gasteiger partial charge < -0.3 is 9.80 Å². The minimum absolute atomic E-state index is 0.00798. The van der Waals surface area contributed by atoms with E-state index < -0.39 is 0 Å². The molecule has 176 valence electrons. The molecule has 0 aromatic heterocycles. The van der Waals surface area contributed by atoms with Gasteiger partial charge in [0.15, 0.2) is 0 Å². The lowest BCUT2D eigenvalue weighted by molar-refractivity contribution is -0.132. The largest absolute Gasteiger partial charge is 0.329 e. The number of hydrogen-bond acceptors (Lipinski definition) is 3. The molecular formula is C26H32ClN3O3. The van der Waals surface area contributed by atoms with E-state index >= 15 is 0 Å². The van der Waals surface area contributed by atoms with E-state index in [0.717, 1.165) is 19.3 Å². The van der Waals surface area contributed by atoms with E-state index in [1.165, 1.54) is 28.2 Å². The summed E-state index contributed by atoms with van der Waals surface area (Å²) in [6, 6.07) is 14.7. The van der Waals surface area contributed by atoms with E-state index in [1.54, 1.807) is 29.2 Å². The summed E-state index contributed by atoms with van der Waals surface area (Å²) in [4.78, 5) is 43.2. The van der Waals surface area contributed by atoms with Crippen LogP contribution >= 0.6 is 11.6 Å². The number of amides is 3. The normalized spacial score (nSPS) is 13.5. The number of unbranched alkanes of at least 4 members (excludes halogenated alkanes) is 2. The zero-order valence-electron chi connectivity index (χ0n) is 19.4. The van der Waals surface area contributed by atoms with Crippen molar-refractivity contribution in [2.24, 2.45) is 0 Å². The number of carbonyl (C=O) groups excluding carboxylic acids is 3. The summed E-state index contributed by atoms with van der Waals surface area (Å²) in [5, 5.41) is 0.529. The van der Waals surface area contributed by atoms with E-state index in [1.807, 2.05) is 31.2 Å². The van der Waals surface area contributed by atoms with E-state index in [4.69, 9.17) is 11.6 Å². The Bertz CT molecular complexity index is 977. The van der Waals surface area contributed by atoms with Crippen molar-refractivity contribution in [3.05, 3.63) is 64.7 Å². The molecule has 7 heteroatoms. The summed E-state index contributed by atoms with van der Waals surface area (Å²) in [6.45, 7) is 4.72. The first kappa shape index (κ1) is 24.8. The van der Waals surface area contributed by atoms with Gasteiger partial charge in [-0.05, 0) is 55.2 Å². The van der Waals surface area contributed by atoms with E-state index in [2.05, 4.69) is 6.92 Å². The smallest absolute Gasteiger partial charge is 0.254 e. The Morgan fingerprint density at radius 2 is 1.79 bits per heavy atom. The maximum atomic E-state index is 13.1. The van der Waals surface area contributed by atoms with Gasteiger partial charge in [-0.15, -0.1) is 0 Å². The highest BCUT2D eigenvalue weighted by molar-refractivity contribution is 6.31. The predicted octanol–water partition coefficient (Wildman–Crippen LogP) is 4.76. The summed E-state index contributed by atoms with van der Waals surface area (Å²) in [7, 11) is 0. The van der Waals surface area contributed by atoms with Crippen molar-refractivity contribution in [3.8, 4) is 0 Å². The van der Waals surface area contributed by atoms with Crippen molar-refractivity contribution in [1.82, 2.24) is 9.80 Å². The fraction of sp³-hybridized carbons (Fsp3) is 0.423. The van der Waals surface area contributed by atoms with Gasteiger partial charge in [0.1, 0.15) is 19.8 Å². The molecule has 1 saturated heterocycles. The number of anilines is 1.